The SMILES string of the molecule is Cc1cccc(O[C@@H](C)C(=O)Nc2onc3c2CCCC3)c1C. The van der Waals surface area contributed by atoms with Gasteiger partial charge in [-0.15, -0.1) is 0 Å². The smallest absolute Gasteiger partial charge is 0.267 e. The van der Waals surface area contributed by atoms with Gasteiger partial charge in [-0.2, -0.15) is 0 Å². The van der Waals surface area contributed by atoms with Crippen LogP contribution in [-0.2, 0) is 17.6 Å². The molecule has 3 rings (SSSR count). The minimum absolute atomic E-state index is 0.226. The highest BCUT2D eigenvalue weighted by Gasteiger charge is 2.23. The van der Waals surface area contributed by atoms with Crippen molar-refractivity contribution < 1.29 is 14.1 Å². The number of nitrogens with one attached hydrogen (secondary N) is 1. The number of anilines is 1. The third-order valence-corrected chi connectivity index (χ3v) is 4.42. The van der Waals surface area contributed by atoms with E-state index >= 15 is 0 Å². The predicted octanol–water partition coefficient (Wildman–Crippen LogP) is 3.58. The number of carbonyl (C=O) groups is 1. The van der Waals surface area contributed by atoms with Gasteiger partial charge in [-0.05, 0) is 63.6 Å². The Morgan fingerprint density at radius 3 is 2.91 bits per heavy atom. The fraction of sp³-hybridized carbons (Fsp3) is 0.444. The Balaban J connectivity index is 1.68. The third kappa shape index (κ3) is 3.23. The van der Waals surface area contributed by atoms with Gasteiger partial charge in [-0.3, -0.25) is 10.1 Å². The molecule has 1 aromatic carbocycles. The number of aromatic nitrogens is 1. The maximum atomic E-state index is 12.4. The predicted molar refractivity (Wildman–Crippen MR) is 87.8 cm³/mol. The Kier molecular flexibility index (Phi) is 4.37. The molecule has 1 amide bonds. The maximum Gasteiger partial charge on any atom is 0.267 e. The molecule has 0 radical (unpaired) electrons. The van der Waals surface area contributed by atoms with Gasteiger partial charge in [0.2, 0.25) is 5.88 Å². The molecule has 0 bridgehead atoms. The Morgan fingerprint density at radius 2 is 2.09 bits per heavy atom. The van der Waals surface area contributed by atoms with Gasteiger partial charge in [-0.1, -0.05) is 17.3 Å². The highest BCUT2D eigenvalue weighted by atomic mass is 16.5. The van der Waals surface area contributed by atoms with Crippen molar-refractivity contribution in [1.29, 1.82) is 0 Å². The summed E-state index contributed by atoms with van der Waals surface area (Å²) in [6, 6.07) is 5.82. The van der Waals surface area contributed by atoms with Gasteiger partial charge in [0.25, 0.3) is 5.91 Å². The lowest BCUT2D eigenvalue weighted by Gasteiger charge is -2.17. The van der Waals surface area contributed by atoms with Crippen molar-refractivity contribution in [3.05, 3.63) is 40.6 Å². The standard InChI is InChI=1S/C18H22N2O3/c1-11-7-6-10-16(12(11)2)22-13(3)17(21)19-18-14-8-4-5-9-15(14)20-23-18/h6-7,10,13H,4-5,8-9H2,1-3H3,(H,19,21)/t13-/m0/s1. The molecule has 0 aliphatic heterocycles. The van der Waals surface area contributed by atoms with E-state index in [1.807, 2.05) is 32.0 Å². The van der Waals surface area contributed by atoms with Crippen molar-refractivity contribution in [2.45, 2.75) is 52.6 Å². The van der Waals surface area contributed by atoms with Crippen LogP contribution in [0, 0.1) is 13.8 Å². The number of aryl methyl sites for hydroxylation is 2. The molecule has 0 spiro atoms. The number of hydrogen-bond donors (Lipinski definition) is 1. The summed E-state index contributed by atoms with van der Waals surface area (Å²) in [4.78, 5) is 12.4. The van der Waals surface area contributed by atoms with E-state index in [9.17, 15) is 4.79 Å². The normalized spacial score (nSPS) is 14.9. The summed E-state index contributed by atoms with van der Waals surface area (Å²) in [6.07, 6.45) is 3.44. The minimum Gasteiger partial charge on any atom is -0.481 e. The van der Waals surface area contributed by atoms with Crippen molar-refractivity contribution in [2.24, 2.45) is 0 Å². The number of benzene rings is 1. The maximum absolute atomic E-state index is 12.4. The molecule has 5 nitrogen and oxygen atoms in total. The van der Waals surface area contributed by atoms with Crippen LogP contribution in [0.25, 0.3) is 0 Å². The molecule has 0 saturated carbocycles. The minimum atomic E-state index is -0.611. The van der Waals surface area contributed by atoms with E-state index in [-0.39, 0.29) is 5.91 Å². The monoisotopic (exact) mass is 314 g/mol. The van der Waals surface area contributed by atoms with Crippen LogP contribution >= 0.6 is 0 Å². The molecular formula is C18H22N2O3. The van der Waals surface area contributed by atoms with Crippen molar-refractivity contribution >= 4 is 11.8 Å². The molecule has 0 fully saturated rings. The van der Waals surface area contributed by atoms with Crippen molar-refractivity contribution in [3.8, 4) is 5.75 Å². The van der Waals surface area contributed by atoms with Gasteiger partial charge >= 0.3 is 0 Å². The average Bonchev–Trinajstić information content (AvgIpc) is 2.95. The lowest BCUT2D eigenvalue weighted by molar-refractivity contribution is -0.122. The average molecular weight is 314 g/mol. The zero-order valence-corrected chi connectivity index (χ0v) is 13.8. The van der Waals surface area contributed by atoms with Crippen LogP contribution < -0.4 is 10.1 Å². The quantitative estimate of drug-likeness (QED) is 0.937. The van der Waals surface area contributed by atoms with Crippen molar-refractivity contribution in [2.75, 3.05) is 5.32 Å². The zero-order valence-electron chi connectivity index (χ0n) is 13.8. The van der Waals surface area contributed by atoms with E-state index in [2.05, 4.69) is 10.5 Å². The Labute approximate surface area is 136 Å². The van der Waals surface area contributed by atoms with Crippen LogP contribution in [-0.4, -0.2) is 17.2 Å². The molecule has 1 N–H and O–H groups in total. The number of fused-ring (bicyclic) bond motifs is 1. The second kappa shape index (κ2) is 6.44. The van der Waals surface area contributed by atoms with E-state index in [4.69, 9.17) is 9.26 Å². The summed E-state index contributed by atoms with van der Waals surface area (Å²) < 4.78 is 11.1. The number of nitrogens with zero attached hydrogens (tertiary/aromatic N) is 1. The summed E-state index contributed by atoms with van der Waals surface area (Å²) in [5.41, 5.74) is 4.18. The Hall–Kier alpha value is -2.30. The molecule has 122 valence electrons. The first kappa shape index (κ1) is 15.6. The first-order valence-corrected chi connectivity index (χ1v) is 8.07. The third-order valence-electron chi connectivity index (χ3n) is 4.42. The van der Waals surface area contributed by atoms with Crippen LogP contribution in [0.4, 0.5) is 5.88 Å². The molecule has 0 saturated heterocycles. The summed E-state index contributed by atoms with van der Waals surface area (Å²) >= 11 is 0. The summed E-state index contributed by atoms with van der Waals surface area (Å²) in [5.74, 6) is 0.976. The van der Waals surface area contributed by atoms with Crippen LogP contribution in [0.1, 0.15) is 42.1 Å². The van der Waals surface area contributed by atoms with Crippen LogP contribution in [0.15, 0.2) is 22.7 Å². The number of rotatable bonds is 4. The van der Waals surface area contributed by atoms with E-state index in [0.29, 0.717) is 5.88 Å². The van der Waals surface area contributed by atoms with Gasteiger partial charge in [0.05, 0.1) is 5.69 Å². The molecule has 23 heavy (non-hydrogen) atoms. The van der Waals surface area contributed by atoms with Crippen molar-refractivity contribution in [3.63, 3.8) is 0 Å². The molecule has 0 unspecified atom stereocenters. The molecule has 1 aromatic heterocycles. The van der Waals surface area contributed by atoms with Gasteiger partial charge in [0.1, 0.15) is 5.75 Å². The molecule has 1 aliphatic carbocycles. The number of amides is 1. The van der Waals surface area contributed by atoms with Crippen LogP contribution in [0.2, 0.25) is 0 Å². The Morgan fingerprint density at radius 1 is 1.30 bits per heavy atom. The van der Waals surface area contributed by atoms with Gasteiger partial charge in [-0.25, -0.2) is 0 Å². The largest absolute Gasteiger partial charge is 0.481 e. The molecular weight excluding hydrogens is 292 g/mol. The second-order valence-electron chi connectivity index (χ2n) is 6.09. The van der Waals surface area contributed by atoms with Crippen molar-refractivity contribution in [1.82, 2.24) is 5.16 Å². The number of hydrogen-bond acceptors (Lipinski definition) is 4. The number of ether oxygens (including phenoxy) is 1. The van der Waals surface area contributed by atoms with E-state index in [1.54, 1.807) is 6.92 Å². The van der Waals surface area contributed by atoms with Gasteiger partial charge in [0, 0.05) is 5.56 Å². The van der Waals surface area contributed by atoms with Crippen LogP contribution in [0.5, 0.6) is 5.75 Å². The van der Waals surface area contributed by atoms with Crippen LogP contribution in [0.3, 0.4) is 0 Å². The zero-order chi connectivity index (χ0) is 16.4. The highest BCUT2D eigenvalue weighted by molar-refractivity contribution is 5.93. The van der Waals surface area contributed by atoms with E-state index < -0.39 is 6.10 Å². The number of carbonyl (C=O) groups excluding carboxylic acids is 1. The lowest BCUT2D eigenvalue weighted by atomic mass is 9.98. The lowest BCUT2D eigenvalue weighted by Crippen LogP contribution is -2.30. The van der Waals surface area contributed by atoms with Gasteiger partial charge in [0.15, 0.2) is 6.10 Å². The molecule has 1 atom stereocenters. The first-order valence-electron chi connectivity index (χ1n) is 8.07. The fourth-order valence-corrected chi connectivity index (χ4v) is 2.80. The molecule has 5 heteroatoms. The molecule has 1 aliphatic rings. The molecule has 1 heterocycles. The topological polar surface area (TPSA) is 64.4 Å². The second-order valence-corrected chi connectivity index (χ2v) is 6.09. The fourth-order valence-electron chi connectivity index (χ4n) is 2.80. The Bertz CT molecular complexity index is 721. The summed E-state index contributed by atoms with van der Waals surface area (Å²) in [6.45, 7) is 5.75. The van der Waals surface area contributed by atoms with E-state index in [0.717, 1.165) is 53.8 Å². The first-order chi connectivity index (χ1) is 11.1. The molecule has 2 aromatic rings. The van der Waals surface area contributed by atoms with E-state index in [1.165, 1.54) is 0 Å². The highest BCUT2D eigenvalue weighted by Crippen LogP contribution is 2.28. The summed E-state index contributed by atoms with van der Waals surface area (Å²) in [7, 11) is 0. The van der Waals surface area contributed by atoms with Gasteiger partial charge < -0.3 is 9.26 Å². The summed E-state index contributed by atoms with van der Waals surface area (Å²) in [5, 5.41) is 6.86.